The van der Waals surface area contributed by atoms with E-state index in [1.807, 2.05) is 30.3 Å². The van der Waals surface area contributed by atoms with Crippen LogP contribution in [0.2, 0.25) is 0 Å². The molecule has 3 N–H and O–H groups in total. The smallest absolute Gasteiger partial charge is 0.268 e. The standard InChI is InChI=1S/C18H17BrN4O4S2/c1-27-16(19)12-7-8-13(17(20)24)15(10-12)23(29(25)26)18-14(21-28-22-18)9-11-5-3-2-4-6-11/h2-8,10,16H,9H2,1H3,(H2,20,24)(H,25,26). The molecule has 11 heteroatoms. The highest BCUT2D eigenvalue weighted by atomic mass is 79.9. The first kappa shape index (κ1) is 21.5. The van der Waals surface area contributed by atoms with Crippen LogP contribution in [0.15, 0.2) is 48.5 Å². The third-order valence-corrected chi connectivity index (χ3v) is 6.22. The first-order valence-corrected chi connectivity index (χ1v) is 11.0. The van der Waals surface area contributed by atoms with Gasteiger partial charge in [-0.25, -0.2) is 8.51 Å². The fourth-order valence-electron chi connectivity index (χ4n) is 2.73. The van der Waals surface area contributed by atoms with Crippen LogP contribution in [0, 0.1) is 0 Å². The number of carbonyl (C=O) groups excluding carboxylic acids is 1. The minimum atomic E-state index is -2.53. The Labute approximate surface area is 182 Å². The lowest BCUT2D eigenvalue weighted by Gasteiger charge is -2.22. The lowest BCUT2D eigenvalue weighted by Crippen LogP contribution is -2.25. The lowest BCUT2D eigenvalue weighted by atomic mass is 10.1. The molecule has 8 nitrogen and oxygen atoms in total. The van der Waals surface area contributed by atoms with E-state index < -0.39 is 22.2 Å². The molecule has 0 bridgehead atoms. The number of ether oxygens (including phenoxy) is 1. The molecule has 0 aliphatic carbocycles. The molecule has 3 aromatic rings. The average molecular weight is 497 g/mol. The van der Waals surface area contributed by atoms with Gasteiger partial charge in [0.2, 0.25) is 0 Å². The summed E-state index contributed by atoms with van der Waals surface area (Å²) in [6, 6.07) is 14.2. The number of hydrogen-bond donors (Lipinski definition) is 2. The van der Waals surface area contributed by atoms with Crippen LogP contribution in [-0.2, 0) is 22.4 Å². The highest BCUT2D eigenvalue weighted by molar-refractivity contribution is 9.09. The lowest BCUT2D eigenvalue weighted by molar-refractivity contribution is 0.100. The van der Waals surface area contributed by atoms with Crippen molar-refractivity contribution in [2.75, 3.05) is 11.4 Å². The van der Waals surface area contributed by atoms with Gasteiger partial charge in [-0.1, -0.05) is 52.3 Å². The van der Waals surface area contributed by atoms with E-state index in [4.69, 9.17) is 10.5 Å². The minimum absolute atomic E-state index is 0.0746. The number of amides is 1. The number of halogens is 1. The van der Waals surface area contributed by atoms with E-state index in [1.54, 1.807) is 12.1 Å². The second kappa shape index (κ2) is 9.55. The van der Waals surface area contributed by atoms with Crippen LogP contribution < -0.4 is 10.0 Å². The van der Waals surface area contributed by atoms with Crippen molar-refractivity contribution in [3.63, 3.8) is 0 Å². The van der Waals surface area contributed by atoms with Crippen molar-refractivity contribution in [2.24, 2.45) is 5.73 Å². The summed E-state index contributed by atoms with van der Waals surface area (Å²) in [6.45, 7) is 0. The van der Waals surface area contributed by atoms with Crippen LogP contribution in [0.5, 0.6) is 0 Å². The Morgan fingerprint density at radius 2 is 2.03 bits per heavy atom. The van der Waals surface area contributed by atoms with Gasteiger partial charge in [0.15, 0.2) is 5.82 Å². The molecular weight excluding hydrogens is 480 g/mol. The van der Waals surface area contributed by atoms with Crippen molar-refractivity contribution in [3.05, 3.63) is 70.9 Å². The molecule has 2 unspecified atom stereocenters. The van der Waals surface area contributed by atoms with Gasteiger partial charge < -0.3 is 10.5 Å². The molecule has 0 radical (unpaired) electrons. The predicted molar refractivity (Wildman–Crippen MR) is 116 cm³/mol. The van der Waals surface area contributed by atoms with Crippen molar-refractivity contribution >= 4 is 56.3 Å². The molecule has 1 heterocycles. The van der Waals surface area contributed by atoms with E-state index in [0.29, 0.717) is 17.7 Å². The molecule has 1 amide bonds. The fourth-order valence-corrected chi connectivity index (χ4v) is 4.23. The van der Waals surface area contributed by atoms with Crippen LogP contribution in [0.3, 0.4) is 0 Å². The Balaban J connectivity index is 2.11. The summed E-state index contributed by atoms with van der Waals surface area (Å²) in [5.41, 5.74) is 7.82. The summed E-state index contributed by atoms with van der Waals surface area (Å²) >= 11 is 1.74. The van der Waals surface area contributed by atoms with Crippen molar-refractivity contribution < 1.29 is 18.3 Å². The van der Waals surface area contributed by atoms with Gasteiger partial charge in [-0.3, -0.25) is 9.35 Å². The SMILES string of the molecule is COC(Br)c1ccc(C(N)=O)c(N(c2nsnc2Cc2ccccc2)S(=O)O)c1. The molecule has 0 spiro atoms. The summed E-state index contributed by atoms with van der Waals surface area (Å²) < 4.78 is 37.1. The average Bonchev–Trinajstić information content (AvgIpc) is 3.15. The predicted octanol–water partition coefficient (Wildman–Crippen LogP) is 3.54. The number of primary amides is 1. The molecule has 0 saturated heterocycles. The van der Waals surface area contributed by atoms with Crippen LogP contribution in [0.25, 0.3) is 0 Å². The molecule has 0 fully saturated rings. The van der Waals surface area contributed by atoms with Crippen molar-refractivity contribution in [1.82, 2.24) is 8.75 Å². The Kier molecular flexibility index (Phi) is 7.09. The van der Waals surface area contributed by atoms with Crippen molar-refractivity contribution in [1.29, 1.82) is 0 Å². The first-order valence-electron chi connectivity index (χ1n) is 8.29. The fraction of sp³-hybridized carbons (Fsp3) is 0.167. The number of methoxy groups -OCH3 is 1. The van der Waals surface area contributed by atoms with Crippen LogP contribution in [-0.4, -0.2) is 30.5 Å². The zero-order valence-corrected chi connectivity index (χ0v) is 18.4. The molecule has 29 heavy (non-hydrogen) atoms. The van der Waals surface area contributed by atoms with Gasteiger partial charge in [0.05, 0.1) is 23.0 Å². The third kappa shape index (κ3) is 4.87. The number of alkyl halides is 1. The number of aromatic nitrogens is 2. The molecule has 2 aromatic carbocycles. The summed E-state index contributed by atoms with van der Waals surface area (Å²) in [5.74, 6) is -0.554. The van der Waals surface area contributed by atoms with Crippen LogP contribution in [0.4, 0.5) is 11.5 Å². The number of carbonyl (C=O) groups is 1. The number of hydrogen-bond acceptors (Lipinski definition) is 6. The first-order chi connectivity index (χ1) is 13.9. The molecule has 152 valence electrons. The van der Waals surface area contributed by atoms with E-state index >= 15 is 0 Å². The molecule has 3 rings (SSSR count). The van der Waals surface area contributed by atoms with Gasteiger partial charge in [-0.05, 0) is 23.3 Å². The molecule has 1 aromatic heterocycles. The van der Waals surface area contributed by atoms with E-state index in [2.05, 4.69) is 24.7 Å². The van der Waals surface area contributed by atoms with E-state index in [0.717, 1.165) is 21.6 Å². The van der Waals surface area contributed by atoms with Crippen LogP contribution in [0.1, 0.15) is 32.2 Å². The molecule has 0 aliphatic rings. The quantitative estimate of drug-likeness (QED) is 0.363. The normalized spacial score (nSPS) is 13.1. The van der Waals surface area contributed by atoms with Gasteiger partial charge in [-0.2, -0.15) is 8.75 Å². The highest BCUT2D eigenvalue weighted by Gasteiger charge is 2.27. The third-order valence-electron chi connectivity index (χ3n) is 4.07. The van der Waals surface area contributed by atoms with Gasteiger partial charge >= 0.3 is 0 Å². The van der Waals surface area contributed by atoms with Crippen molar-refractivity contribution in [3.8, 4) is 0 Å². The van der Waals surface area contributed by atoms with Gasteiger partial charge in [0.25, 0.3) is 17.2 Å². The Bertz CT molecular complexity index is 1030. The summed E-state index contributed by atoms with van der Waals surface area (Å²) in [6.07, 6.45) is 0.408. The van der Waals surface area contributed by atoms with Crippen molar-refractivity contribution in [2.45, 2.75) is 11.4 Å². The number of benzene rings is 2. The summed E-state index contributed by atoms with van der Waals surface area (Å²) in [7, 11) is 1.51. The molecule has 0 aliphatic heterocycles. The molecular formula is C18H17BrN4O4S2. The highest BCUT2D eigenvalue weighted by Crippen LogP contribution is 2.35. The van der Waals surface area contributed by atoms with E-state index in [-0.39, 0.29) is 17.1 Å². The monoisotopic (exact) mass is 496 g/mol. The molecule has 2 atom stereocenters. The summed E-state index contributed by atoms with van der Waals surface area (Å²) in [4.78, 5) is 12.0. The number of nitrogens with zero attached hydrogens (tertiary/aromatic N) is 3. The molecule has 0 saturated carbocycles. The number of nitrogens with two attached hydrogens (primary N) is 1. The Morgan fingerprint density at radius 3 is 2.66 bits per heavy atom. The van der Waals surface area contributed by atoms with Crippen LogP contribution >= 0.6 is 27.7 Å². The maximum Gasteiger partial charge on any atom is 0.268 e. The Hall–Kier alpha value is -2.18. The van der Waals surface area contributed by atoms with Gasteiger partial charge in [-0.15, -0.1) is 0 Å². The van der Waals surface area contributed by atoms with E-state index in [9.17, 15) is 13.6 Å². The number of anilines is 2. The van der Waals surface area contributed by atoms with Gasteiger partial charge in [0, 0.05) is 13.5 Å². The summed E-state index contributed by atoms with van der Waals surface area (Å²) in [5, 5.41) is -0.477. The second-order valence-electron chi connectivity index (χ2n) is 5.91. The van der Waals surface area contributed by atoms with Gasteiger partial charge in [0.1, 0.15) is 10.7 Å². The zero-order valence-electron chi connectivity index (χ0n) is 15.2. The minimum Gasteiger partial charge on any atom is -0.366 e. The Morgan fingerprint density at radius 1 is 1.31 bits per heavy atom. The topological polar surface area (TPSA) is 119 Å². The number of rotatable bonds is 8. The largest absolute Gasteiger partial charge is 0.366 e. The maximum atomic E-state index is 12.3. The second-order valence-corrected chi connectivity index (χ2v) is 8.10. The zero-order chi connectivity index (χ0) is 21.0. The maximum absolute atomic E-state index is 12.3. The van der Waals surface area contributed by atoms with E-state index in [1.165, 1.54) is 13.2 Å².